The average molecular weight is 1080 g/mol. The maximum atomic E-state index is 13.5. The summed E-state index contributed by atoms with van der Waals surface area (Å²) in [5.41, 5.74) is -1.84. The molecule has 20 heteroatoms. The van der Waals surface area contributed by atoms with E-state index in [2.05, 4.69) is 129 Å². The van der Waals surface area contributed by atoms with Crippen LogP contribution in [0.25, 0.3) is 0 Å². The van der Waals surface area contributed by atoms with Crippen LogP contribution in [-0.4, -0.2) is 74.8 Å². The summed E-state index contributed by atoms with van der Waals surface area (Å²) in [6.45, 7) is 12.0. The van der Waals surface area contributed by atoms with Crippen molar-refractivity contribution in [3.63, 3.8) is 0 Å². The van der Waals surface area contributed by atoms with E-state index in [0.717, 1.165) is 25.7 Å². The standard InChI is InChI=1S/C13H13S.2C12H16F2O6S.C8H11S.3C2H6/c1-14(12-8-4-2-5-9-12)13-10-6-3-7-11-13;2*13-12(14,21-20-19-17)10(16)18-11-3-6-1-7(4-11)9(15)8(2-6)5-11;1-9(2)8-6-4-3-5-7-8;3*1-2/h2-11H,1H3;2*6-9,15,17H,1-5H2;3-7H,1-2H3;3*1-2H3/q+1;;;+1;;;/p-2. The number of benzene rings is 3. The molecule has 0 heterocycles. The van der Waals surface area contributed by atoms with E-state index in [9.17, 15) is 47.9 Å². The number of aliphatic hydroxyl groups excluding tert-OH is 2. The van der Waals surface area contributed by atoms with E-state index >= 15 is 0 Å². The summed E-state index contributed by atoms with van der Waals surface area (Å²) in [5.74, 6) is -2.83. The molecule has 2 N–H and O–H groups in total. The summed E-state index contributed by atoms with van der Waals surface area (Å²) in [6, 6.07) is 31.8. The van der Waals surface area contributed by atoms with Crippen molar-refractivity contribution in [3.8, 4) is 0 Å². The van der Waals surface area contributed by atoms with Crippen molar-refractivity contribution in [1.82, 2.24) is 0 Å². The predicted octanol–water partition coefficient (Wildman–Crippen LogP) is 10.2. The molecule has 0 aromatic heterocycles. The molecule has 3 aromatic rings. The van der Waals surface area contributed by atoms with Crippen molar-refractivity contribution in [2.75, 3.05) is 18.8 Å². The van der Waals surface area contributed by atoms with Crippen molar-refractivity contribution in [1.29, 1.82) is 0 Å². The minimum absolute atomic E-state index is 0.00607. The number of esters is 2. The largest absolute Gasteiger partial charge is 0.691 e. The molecule has 3 aromatic carbocycles. The van der Waals surface area contributed by atoms with Crippen LogP contribution in [0.1, 0.15) is 106 Å². The summed E-state index contributed by atoms with van der Waals surface area (Å²) in [6.07, 6.45) is 12.0. The summed E-state index contributed by atoms with van der Waals surface area (Å²) >= 11 is -1.35. The van der Waals surface area contributed by atoms with E-state index in [-0.39, 0.29) is 34.6 Å². The zero-order valence-corrected chi connectivity index (χ0v) is 45.2. The number of rotatable bonds is 13. The van der Waals surface area contributed by atoms with Gasteiger partial charge in [-0.25, -0.2) is 9.59 Å². The van der Waals surface area contributed by atoms with Crippen molar-refractivity contribution < 1.29 is 76.1 Å². The Hall–Kier alpha value is -2.60. The first-order chi connectivity index (χ1) is 33.9. The van der Waals surface area contributed by atoms with E-state index in [1.54, 1.807) is 0 Å². The second-order valence-electron chi connectivity index (χ2n) is 17.8. The van der Waals surface area contributed by atoms with Crippen LogP contribution in [0.4, 0.5) is 17.6 Å². The second kappa shape index (κ2) is 30.1. The molecular formula is C51H72F4O12S4. The number of hydrogen-bond donors (Lipinski definition) is 2. The van der Waals surface area contributed by atoms with Gasteiger partial charge >= 0.3 is 22.4 Å². The van der Waals surface area contributed by atoms with Crippen LogP contribution >= 0.6 is 24.1 Å². The Morgan fingerprint density at radius 2 is 0.817 bits per heavy atom. The first kappa shape index (κ1) is 62.7. The summed E-state index contributed by atoms with van der Waals surface area (Å²) < 4.78 is 71.1. The Labute approximate surface area is 431 Å². The molecule has 4 atom stereocenters. The number of alkyl halides is 4. The van der Waals surface area contributed by atoms with Gasteiger partial charge in [0.2, 0.25) is 0 Å². The van der Waals surface area contributed by atoms with Crippen LogP contribution in [0, 0.1) is 35.5 Å². The number of aliphatic hydroxyl groups is 2. The lowest BCUT2D eigenvalue weighted by Crippen LogP contribution is -2.59. The van der Waals surface area contributed by atoms with Gasteiger partial charge in [0.25, 0.3) is 0 Å². The molecule has 8 bridgehead atoms. The maximum absolute atomic E-state index is 13.5. The van der Waals surface area contributed by atoms with Gasteiger partial charge in [0.05, 0.1) is 23.1 Å². The van der Waals surface area contributed by atoms with Gasteiger partial charge in [-0.15, -0.1) is 0 Å². The Morgan fingerprint density at radius 1 is 0.535 bits per heavy atom. The van der Waals surface area contributed by atoms with E-state index < -0.39 is 69.9 Å². The normalized spacial score (nSPS) is 28.0. The lowest BCUT2D eigenvalue weighted by Gasteiger charge is -2.57. The van der Waals surface area contributed by atoms with Crippen LogP contribution in [0.15, 0.2) is 106 Å². The van der Waals surface area contributed by atoms with Crippen LogP contribution in [0.5, 0.6) is 0 Å². The molecule has 71 heavy (non-hydrogen) atoms. The monoisotopic (exact) mass is 1080 g/mol. The minimum atomic E-state index is -4.01. The highest BCUT2D eigenvalue weighted by molar-refractivity contribution is 7.97. The molecule has 12 nitrogen and oxygen atoms in total. The highest BCUT2D eigenvalue weighted by Crippen LogP contribution is 2.59. The van der Waals surface area contributed by atoms with E-state index in [0.29, 0.717) is 61.3 Å². The van der Waals surface area contributed by atoms with Gasteiger partial charge in [0.15, 0.2) is 14.7 Å². The maximum Gasteiger partial charge on any atom is 0.415 e. The molecule has 8 aliphatic rings. The fraction of sp³-hybridized carbons (Fsp3) is 0.608. The van der Waals surface area contributed by atoms with Crippen molar-refractivity contribution in [2.45, 2.75) is 154 Å². The van der Waals surface area contributed by atoms with Crippen LogP contribution in [0.2, 0.25) is 0 Å². The van der Waals surface area contributed by atoms with Gasteiger partial charge in [-0.2, -0.15) is 26.2 Å². The molecule has 8 aliphatic carbocycles. The van der Waals surface area contributed by atoms with Crippen molar-refractivity contribution in [3.05, 3.63) is 91.0 Å². The number of hydrogen-bond acceptors (Lipinski definition) is 14. The molecule has 4 unspecified atom stereocenters. The Kier molecular flexibility index (Phi) is 26.6. The molecule has 0 amide bonds. The highest BCUT2D eigenvalue weighted by Gasteiger charge is 2.60. The third-order valence-corrected chi connectivity index (χ3v) is 17.3. The molecule has 0 saturated heterocycles. The fourth-order valence-corrected chi connectivity index (χ4v) is 13.4. The molecule has 11 rings (SSSR count). The van der Waals surface area contributed by atoms with E-state index in [4.69, 9.17) is 9.47 Å². The van der Waals surface area contributed by atoms with Crippen molar-refractivity contribution in [2.24, 2.45) is 35.5 Å². The first-order valence-electron chi connectivity index (χ1n) is 24.1. The van der Waals surface area contributed by atoms with Crippen molar-refractivity contribution >= 4 is 57.8 Å². The third kappa shape index (κ3) is 17.8. The lowest BCUT2D eigenvalue weighted by molar-refractivity contribution is -0.777. The number of halogens is 4. The van der Waals surface area contributed by atoms with Gasteiger partial charge in [0.1, 0.15) is 54.1 Å². The van der Waals surface area contributed by atoms with E-state index in [1.165, 1.54) is 14.7 Å². The topological polar surface area (TPSA) is 176 Å². The second-order valence-corrected chi connectivity index (χ2v) is 23.5. The van der Waals surface area contributed by atoms with Crippen LogP contribution < -0.4 is 10.5 Å². The first-order valence-corrected chi connectivity index (χ1v) is 29.3. The minimum Gasteiger partial charge on any atom is -0.691 e. The molecule has 0 aliphatic heterocycles. The van der Waals surface area contributed by atoms with E-state index in [1.807, 2.05) is 41.5 Å². The summed E-state index contributed by atoms with van der Waals surface area (Å²) in [7, 11) is 0.624. The summed E-state index contributed by atoms with van der Waals surface area (Å²) in [5, 5.41) is 37.0. The highest BCUT2D eigenvalue weighted by atomic mass is 32.2. The predicted molar refractivity (Wildman–Crippen MR) is 267 cm³/mol. The molecule has 8 fully saturated rings. The van der Waals surface area contributed by atoms with Gasteiger partial charge in [-0.3, -0.25) is 10.1 Å². The van der Waals surface area contributed by atoms with Crippen LogP contribution in [-0.2, 0) is 59.6 Å². The Morgan fingerprint density at radius 3 is 1.07 bits per heavy atom. The fourth-order valence-electron chi connectivity index (χ4n) is 10.9. The molecule has 8 saturated carbocycles. The number of carbonyl (C=O) groups excluding carboxylic acids is 2. The van der Waals surface area contributed by atoms with Gasteiger partial charge < -0.3 is 30.2 Å². The average Bonchev–Trinajstić information content (AvgIpc) is 3.38. The zero-order chi connectivity index (χ0) is 53.0. The number of carbonyl (C=O) groups is 2. The van der Waals surface area contributed by atoms with Gasteiger partial charge in [0, 0.05) is 10.9 Å². The van der Waals surface area contributed by atoms with Gasteiger partial charge in [-0.1, -0.05) is 96.1 Å². The molecular weight excluding hydrogens is 1010 g/mol. The SMILES string of the molecule is CC.CC.CC.C[S+](C)c1ccccc1.C[S+](c1ccccc1)c1ccccc1.O=C(OC12CC3CC(C1)C(O)C(C3)C2)C(F)(F)SOO[O-].O=C(OC12CC3CC(C1)C(O)C(C3)C2)C(F)(F)SOO[O-]. The summed E-state index contributed by atoms with van der Waals surface area (Å²) in [4.78, 5) is 27.5. The number of ether oxygens (including phenoxy) is 2. The van der Waals surface area contributed by atoms with Crippen LogP contribution in [0.3, 0.4) is 0 Å². The molecule has 0 radical (unpaired) electrons. The Bertz CT molecular complexity index is 1830. The Balaban J connectivity index is 0.000000250. The molecule has 400 valence electrons. The lowest BCUT2D eigenvalue weighted by atomic mass is 9.53. The third-order valence-electron chi connectivity index (χ3n) is 13.2. The van der Waals surface area contributed by atoms with Gasteiger partial charge in [-0.05, 0) is 136 Å². The molecule has 0 spiro atoms. The smallest absolute Gasteiger partial charge is 0.415 e. The quantitative estimate of drug-likeness (QED) is 0.0413. The zero-order valence-electron chi connectivity index (χ0n) is 42.0.